The van der Waals surface area contributed by atoms with E-state index < -0.39 is 29.3 Å². The molecule has 5 amide bonds. The number of hydrogen-bond donors (Lipinski definition) is 1. The van der Waals surface area contributed by atoms with Gasteiger partial charge >= 0.3 is 6.03 Å². The van der Waals surface area contributed by atoms with E-state index in [4.69, 9.17) is 0 Å². The monoisotopic (exact) mass is 267 g/mol. The Morgan fingerprint density at radius 3 is 2.32 bits per heavy atom. The summed E-state index contributed by atoms with van der Waals surface area (Å²) in [6.07, 6.45) is 1.64. The van der Waals surface area contributed by atoms with E-state index >= 15 is 0 Å². The van der Waals surface area contributed by atoms with Gasteiger partial charge in [-0.3, -0.25) is 24.6 Å². The lowest BCUT2D eigenvalue weighted by Crippen LogP contribution is -2.69. The Bertz CT molecular complexity index is 468. The zero-order valence-electron chi connectivity index (χ0n) is 11.2. The van der Waals surface area contributed by atoms with E-state index in [9.17, 15) is 19.2 Å². The molecule has 2 fully saturated rings. The van der Waals surface area contributed by atoms with Crippen LogP contribution in [-0.4, -0.2) is 53.7 Å². The van der Waals surface area contributed by atoms with E-state index in [0.29, 0.717) is 12.8 Å². The van der Waals surface area contributed by atoms with Crippen molar-refractivity contribution in [2.45, 2.75) is 32.2 Å². The average Bonchev–Trinajstić information content (AvgIpc) is 2.24. The van der Waals surface area contributed by atoms with Gasteiger partial charge in [-0.2, -0.15) is 0 Å². The van der Waals surface area contributed by atoms with Gasteiger partial charge < -0.3 is 4.90 Å². The third-order valence-electron chi connectivity index (χ3n) is 3.89. The van der Waals surface area contributed by atoms with Crippen LogP contribution in [-0.2, 0) is 14.4 Å². The van der Waals surface area contributed by atoms with Crippen molar-refractivity contribution < 1.29 is 19.2 Å². The normalized spacial score (nSPS) is 22.9. The SMILES string of the molecule is CC(C(=O)N(C)C)N1C(=O)NC(=O)C2(CCC2)C1=O. The Morgan fingerprint density at radius 1 is 1.32 bits per heavy atom. The Morgan fingerprint density at radius 2 is 1.89 bits per heavy atom. The molecule has 0 radical (unpaired) electrons. The highest BCUT2D eigenvalue weighted by molar-refractivity contribution is 6.20. The molecule has 1 aliphatic carbocycles. The van der Waals surface area contributed by atoms with Crippen molar-refractivity contribution >= 4 is 23.8 Å². The van der Waals surface area contributed by atoms with E-state index in [1.165, 1.54) is 11.8 Å². The number of nitrogens with one attached hydrogen (secondary N) is 1. The number of carbonyl (C=O) groups is 4. The number of urea groups is 1. The van der Waals surface area contributed by atoms with E-state index in [-0.39, 0.29) is 5.91 Å². The molecule has 0 aromatic heterocycles. The number of rotatable bonds is 2. The molecule has 2 aliphatic rings. The number of likely N-dealkylation sites (N-methyl/N-ethyl adjacent to an activating group) is 1. The quantitative estimate of drug-likeness (QED) is 0.697. The predicted molar refractivity (Wildman–Crippen MR) is 64.8 cm³/mol. The third kappa shape index (κ3) is 1.80. The van der Waals surface area contributed by atoms with Gasteiger partial charge in [0.2, 0.25) is 17.7 Å². The van der Waals surface area contributed by atoms with E-state index in [1.54, 1.807) is 14.1 Å². The van der Waals surface area contributed by atoms with Gasteiger partial charge in [-0.05, 0) is 19.8 Å². The van der Waals surface area contributed by atoms with Gasteiger partial charge in [-0.15, -0.1) is 0 Å². The number of hydrogen-bond acceptors (Lipinski definition) is 4. The average molecular weight is 267 g/mol. The van der Waals surface area contributed by atoms with Gasteiger partial charge in [-0.25, -0.2) is 4.79 Å². The molecule has 0 aromatic carbocycles. The number of nitrogens with zero attached hydrogens (tertiary/aromatic N) is 2. The molecular weight excluding hydrogens is 250 g/mol. The highest BCUT2D eigenvalue weighted by Crippen LogP contribution is 2.44. The molecule has 2 rings (SSSR count). The van der Waals surface area contributed by atoms with Crippen molar-refractivity contribution in [2.75, 3.05) is 14.1 Å². The van der Waals surface area contributed by atoms with Gasteiger partial charge in [0, 0.05) is 14.1 Å². The molecule has 1 saturated carbocycles. The standard InChI is InChI=1S/C12H17N3O4/c1-7(8(16)14(2)3)15-10(18)12(5-4-6-12)9(17)13-11(15)19/h7H,4-6H2,1-3H3,(H,13,17,19). The molecule has 0 aromatic rings. The summed E-state index contributed by atoms with van der Waals surface area (Å²) in [5, 5.41) is 2.18. The second-order valence-electron chi connectivity index (χ2n) is 5.28. The maximum Gasteiger partial charge on any atom is 0.331 e. The molecule has 104 valence electrons. The van der Waals surface area contributed by atoms with Crippen molar-refractivity contribution in [1.82, 2.24) is 15.1 Å². The molecule has 0 bridgehead atoms. The first-order valence-electron chi connectivity index (χ1n) is 6.21. The van der Waals surface area contributed by atoms with E-state index in [0.717, 1.165) is 11.3 Å². The Hall–Kier alpha value is -1.92. The van der Waals surface area contributed by atoms with E-state index in [1.807, 2.05) is 0 Å². The first-order valence-corrected chi connectivity index (χ1v) is 6.21. The first kappa shape index (κ1) is 13.5. The number of carbonyl (C=O) groups excluding carboxylic acids is 4. The fraction of sp³-hybridized carbons (Fsp3) is 0.667. The van der Waals surface area contributed by atoms with Crippen molar-refractivity contribution in [3.05, 3.63) is 0 Å². The second kappa shape index (κ2) is 4.32. The van der Waals surface area contributed by atoms with Crippen LogP contribution in [0.4, 0.5) is 4.79 Å². The van der Waals surface area contributed by atoms with Crippen LogP contribution in [0.25, 0.3) is 0 Å². The summed E-state index contributed by atoms with van der Waals surface area (Å²) in [6, 6.07) is -1.72. The van der Waals surface area contributed by atoms with Crippen LogP contribution in [0, 0.1) is 5.41 Å². The van der Waals surface area contributed by atoms with Gasteiger partial charge in [0.1, 0.15) is 11.5 Å². The molecule has 1 aliphatic heterocycles. The topological polar surface area (TPSA) is 86.8 Å². The fourth-order valence-corrected chi connectivity index (χ4v) is 2.50. The molecule has 1 heterocycles. The fourth-order valence-electron chi connectivity index (χ4n) is 2.50. The van der Waals surface area contributed by atoms with Crippen LogP contribution in [0.1, 0.15) is 26.2 Å². The van der Waals surface area contributed by atoms with Crippen LogP contribution in [0.2, 0.25) is 0 Å². The van der Waals surface area contributed by atoms with Crippen LogP contribution >= 0.6 is 0 Å². The van der Waals surface area contributed by atoms with Crippen LogP contribution in [0.3, 0.4) is 0 Å². The molecule has 1 saturated heterocycles. The van der Waals surface area contributed by atoms with Crippen LogP contribution in [0.5, 0.6) is 0 Å². The summed E-state index contributed by atoms with van der Waals surface area (Å²) >= 11 is 0. The number of amides is 5. The van der Waals surface area contributed by atoms with Crippen molar-refractivity contribution in [3.63, 3.8) is 0 Å². The van der Waals surface area contributed by atoms with E-state index in [2.05, 4.69) is 5.32 Å². The lowest BCUT2D eigenvalue weighted by atomic mass is 9.66. The van der Waals surface area contributed by atoms with Crippen LogP contribution < -0.4 is 5.32 Å². The summed E-state index contributed by atoms with van der Waals surface area (Å²) in [6.45, 7) is 1.49. The maximum absolute atomic E-state index is 12.4. The minimum Gasteiger partial charge on any atom is -0.347 e. The predicted octanol–water partition coefficient (Wildman–Crippen LogP) is -0.288. The van der Waals surface area contributed by atoms with Gasteiger partial charge in [0.25, 0.3) is 0 Å². The Kier molecular flexibility index (Phi) is 3.07. The Labute approximate surface area is 110 Å². The van der Waals surface area contributed by atoms with Gasteiger partial charge in [-0.1, -0.05) is 6.42 Å². The molecule has 1 N–H and O–H groups in total. The summed E-state index contributed by atoms with van der Waals surface area (Å²) in [5.74, 6) is -1.43. The minimum absolute atomic E-state index is 0.354. The van der Waals surface area contributed by atoms with Gasteiger partial charge in [0.05, 0.1) is 0 Å². The number of barbiturate groups is 1. The lowest BCUT2D eigenvalue weighted by Gasteiger charge is -2.45. The molecule has 1 atom stereocenters. The first-order chi connectivity index (χ1) is 8.81. The molecule has 1 spiro atoms. The largest absolute Gasteiger partial charge is 0.347 e. The van der Waals surface area contributed by atoms with Crippen LogP contribution in [0.15, 0.2) is 0 Å². The summed E-state index contributed by atoms with van der Waals surface area (Å²) in [7, 11) is 3.10. The van der Waals surface area contributed by atoms with Crippen molar-refractivity contribution in [3.8, 4) is 0 Å². The Balaban J connectivity index is 2.29. The zero-order valence-corrected chi connectivity index (χ0v) is 11.2. The smallest absolute Gasteiger partial charge is 0.331 e. The highest BCUT2D eigenvalue weighted by Gasteiger charge is 2.58. The second-order valence-corrected chi connectivity index (χ2v) is 5.28. The zero-order chi connectivity index (χ0) is 14.4. The molecule has 7 nitrogen and oxygen atoms in total. The molecule has 1 unspecified atom stereocenters. The number of imide groups is 2. The summed E-state index contributed by atoms with van der Waals surface area (Å²) in [5.41, 5.74) is -1.13. The lowest BCUT2D eigenvalue weighted by molar-refractivity contribution is -0.161. The molecule has 7 heteroatoms. The summed E-state index contributed by atoms with van der Waals surface area (Å²) < 4.78 is 0. The maximum atomic E-state index is 12.4. The van der Waals surface area contributed by atoms with Crippen molar-refractivity contribution in [2.24, 2.45) is 5.41 Å². The minimum atomic E-state index is -1.13. The third-order valence-corrected chi connectivity index (χ3v) is 3.89. The summed E-state index contributed by atoms with van der Waals surface area (Å²) in [4.78, 5) is 50.1. The highest BCUT2D eigenvalue weighted by atomic mass is 16.2. The molecule has 19 heavy (non-hydrogen) atoms. The van der Waals surface area contributed by atoms with Crippen molar-refractivity contribution in [1.29, 1.82) is 0 Å². The molecular formula is C12H17N3O4. The van der Waals surface area contributed by atoms with Gasteiger partial charge in [0.15, 0.2) is 0 Å².